The van der Waals surface area contributed by atoms with E-state index < -0.39 is 0 Å². The summed E-state index contributed by atoms with van der Waals surface area (Å²) in [6.45, 7) is 5.70. The van der Waals surface area contributed by atoms with Crippen molar-refractivity contribution in [3.63, 3.8) is 0 Å². The Kier molecular flexibility index (Phi) is 4.50. The summed E-state index contributed by atoms with van der Waals surface area (Å²) in [6, 6.07) is 21.2. The Morgan fingerprint density at radius 2 is 1.61 bits per heavy atom. The van der Waals surface area contributed by atoms with Gasteiger partial charge in [0.2, 0.25) is 0 Å². The summed E-state index contributed by atoms with van der Waals surface area (Å²) in [5.74, 6) is 1.25. The second-order valence-corrected chi connectivity index (χ2v) is 8.74. The lowest BCUT2D eigenvalue weighted by Gasteiger charge is -2.48. The molecular weight excluding hydrogens is 384 g/mol. The van der Waals surface area contributed by atoms with Gasteiger partial charge in [-0.1, -0.05) is 42.5 Å². The highest BCUT2D eigenvalue weighted by molar-refractivity contribution is 5.99. The van der Waals surface area contributed by atoms with Gasteiger partial charge in [0.15, 0.2) is 0 Å². The summed E-state index contributed by atoms with van der Waals surface area (Å²) in [6.07, 6.45) is 2.72. The molecule has 1 amide bonds. The lowest BCUT2D eigenvalue weighted by Crippen LogP contribution is -2.64. The number of amides is 1. The fourth-order valence-electron chi connectivity index (χ4n) is 5.24. The van der Waals surface area contributed by atoms with E-state index in [0.717, 1.165) is 57.1 Å². The van der Waals surface area contributed by atoms with Crippen molar-refractivity contribution < 1.29 is 4.79 Å². The maximum Gasteiger partial charge on any atom is 0.254 e. The fourth-order valence-corrected chi connectivity index (χ4v) is 5.24. The number of hydrogen-bond donors (Lipinski definition) is 0. The van der Waals surface area contributed by atoms with Gasteiger partial charge in [-0.3, -0.25) is 9.69 Å². The molecule has 5 nitrogen and oxygen atoms in total. The van der Waals surface area contributed by atoms with Gasteiger partial charge in [0.25, 0.3) is 5.91 Å². The van der Waals surface area contributed by atoms with E-state index in [1.54, 1.807) is 0 Å². The van der Waals surface area contributed by atoms with Gasteiger partial charge in [0, 0.05) is 57.1 Å². The molecule has 0 bridgehead atoms. The molecule has 156 valence electrons. The minimum Gasteiger partial charge on any atom is -0.354 e. The highest BCUT2D eigenvalue weighted by Gasteiger charge is 2.37. The molecule has 0 radical (unpaired) electrons. The number of nitrogens with zero attached hydrogens (tertiary/aromatic N) is 4. The van der Waals surface area contributed by atoms with Crippen molar-refractivity contribution >= 4 is 11.7 Å². The molecule has 31 heavy (non-hydrogen) atoms. The minimum absolute atomic E-state index is 0.188. The zero-order chi connectivity index (χ0) is 20.8. The van der Waals surface area contributed by atoms with Crippen LogP contribution in [0.5, 0.6) is 0 Å². The van der Waals surface area contributed by atoms with Crippen LogP contribution in [0.1, 0.15) is 21.5 Å². The van der Waals surface area contributed by atoms with Crippen LogP contribution in [0.2, 0.25) is 0 Å². The first-order valence-electron chi connectivity index (χ1n) is 11.2. The molecule has 2 aromatic carbocycles. The molecule has 0 spiro atoms. The third kappa shape index (κ3) is 3.20. The number of carbonyl (C=O) groups is 1. The van der Waals surface area contributed by atoms with Gasteiger partial charge in [-0.25, -0.2) is 4.98 Å². The molecule has 0 saturated carbocycles. The zero-order valence-corrected chi connectivity index (χ0v) is 17.6. The first kappa shape index (κ1) is 18.6. The number of carbonyl (C=O) groups excluding carboxylic acids is 1. The topological polar surface area (TPSA) is 39.7 Å². The SMILES string of the molecule is O=C(c1cccc2c1Cc1ccccc1-2)N1CC(N2CCN(c3ccccn3)CC2)C1. The van der Waals surface area contributed by atoms with Crippen LogP contribution in [0, 0.1) is 0 Å². The molecule has 3 heterocycles. The molecule has 5 heteroatoms. The summed E-state index contributed by atoms with van der Waals surface area (Å²) in [4.78, 5) is 24.7. The van der Waals surface area contributed by atoms with Crippen LogP contribution in [0.15, 0.2) is 66.9 Å². The Bertz CT molecular complexity index is 1120. The lowest BCUT2D eigenvalue weighted by molar-refractivity contribution is 0.0246. The van der Waals surface area contributed by atoms with Gasteiger partial charge >= 0.3 is 0 Å². The Labute approximate surface area is 182 Å². The molecule has 2 aliphatic heterocycles. The summed E-state index contributed by atoms with van der Waals surface area (Å²) >= 11 is 0. The van der Waals surface area contributed by atoms with Crippen LogP contribution in [0.4, 0.5) is 5.82 Å². The van der Waals surface area contributed by atoms with Gasteiger partial charge in [-0.05, 0) is 46.9 Å². The van der Waals surface area contributed by atoms with Crippen molar-refractivity contribution in [1.29, 1.82) is 0 Å². The molecule has 0 N–H and O–H groups in total. The molecule has 1 aromatic heterocycles. The average molecular weight is 411 g/mol. The number of fused-ring (bicyclic) bond motifs is 3. The van der Waals surface area contributed by atoms with E-state index in [1.165, 1.54) is 22.3 Å². The lowest BCUT2D eigenvalue weighted by atomic mass is 9.98. The number of anilines is 1. The number of aromatic nitrogens is 1. The Balaban J connectivity index is 1.09. The third-order valence-corrected chi connectivity index (χ3v) is 7.03. The summed E-state index contributed by atoms with van der Waals surface area (Å²) in [5, 5.41) is 0. The number of piperazine rings is 1. The van der Waals surface area contributed by atoms with Crippen molar-refractivity contribution in [3.8, 4) is 11.1 Å². The van der Waals surface area contributed by atoms with Crippen LogP contribution < -0.4 is 4.90 Å². The van der Waals surface area contributed by atoms with E-state index in [0.29, 0.717) is 6.04 Å². The molecule has 0 atom stereocenters. The standard InChI is InChI=1S/C26H26N4O/c31-26(23-9-5-8-22-21-7-2-1-6-19(21)16-24(22)23)30-17-20(18-30)28-12-14-29(15-13-28)25-10-3-4-11-27-25/h1-11,20H,12-18H2. The molecule has 3 aliphatic rings. The Hall–Kier alpha value is -3.18. The fraction of sp³-hybridized carbons (Fsp3) is 0.308. The molecule has 6 rings (SSSR count). The predicted octanol–water partition coefficient (Wildman–Crippen LogP) is 3.30. The van der Waals surface area contributed by atoms with Crippen LogP contribution in [-0.2, 0) is 6.42 Å². The number of benzene rings is 2. The van der Waals surface area contributed by atoms with Gasteiger partial charge < -0.3 is 9.80 Å². The minimum atomic E-state index is 0.188. The van der Waals surface area contributed by atoms with E-state index in [-0.39, 0.29) is 5.91 Å². The maximum atomic E-state index is 13.3. The Morgan fingerprint density at radius 1 is 0.839 bits per heavy atom. The first-order valence-corrected chi connectivity index (χ1v) is 11.2. The highest BCUT2D eigenvalue weighted by atomic mass is 16.2. The van der Waals surface area contributed by atoms with Crippen LogP contribution in [0.3, 0.4) is 0 Å². The van der Waals surface area contributed by atoms with Crippen molar-refractivity contribution in [2.75, 3.05) is 44.2 Å². The van der Waals surface area contributed by atoms with E-state index in [1.807, 2.05) is 35.4 Å². The first-order chi connectivity index (χ1) is 15.3. The smallest absolute Gasteiger partial charge is 0.254 e. The predicted molar refractivity (Wildman–Crippen MR) is 122 cm³/mol. The van der Waals surface area contributed by atoms with E-state index in [9.17, 15) is 4.79 Å². The van der Waals surface area contributed by atoms with Crippen LogP contribution >= 0.6 is 0 Å². The van der Waals surface area contributed by atoms with Crippen molar-refractivity contribution in [3.05, 3.63) is 83.6 Å². The third-order valence-electron chi connectivity index (χ3n) is 7.03. The monoisotopic (exact) mass is 410 g/mol. The zero-order valence-electron chi connectivity index (χ0n) is 17.6. The number of rotatable bonds is 3. The van der Waals surface area contributed by atoms with Crippen molar-refractivity contribution in [1.82, 2.24) is 14.8 Å². The summed E-state index contributed by atoms with van der Waals surface area (Å²) in [5.41, 5.74) is 5.90. The molecule has 3 aromatic rings. The Morgan fingerprint density at radius 3 is 2.42 bits per heavy atom. The number of pyridine rings is 1. The van der Waals surface area contributed by atoms with Crippen LogP contribution in [-0.4, -0.2) is 66.0 Å². The second-order valence-electron chi connectivity index (χ2n) is 8.74. The number of likely N-dealkylation sites (tertiary alicyclic amines) is 1. The van der Waals surface area contributed by atoms with Gasteiger partial charge in [-0.2, -0.15) is 0 Å². The largest absolute Gasteiger partial charge is 0.354 e. The van der Waals surface area contributed by atoms with Gasteiger partial charge in [0.1, 0.15) is 5.82 Å². The van der Waals surface area contributed by atoms with Gasteiger partial charge in [0.05, 0.1) is 0 Å². The second kappa shape index (κ2) is 7.50. The maximum absolute atomic E-state index is 13.3. The summed E-state index contributed by atoms with van der Waals surface area (Å²) in [7, 11) is 0. The van der Waals surface area contributed by atoms with Crippen molar-refractivity contribution in [2.24, 2.45) is 0 Å². The molecule has 2 fully saturated rings. The van der Waals surface area contributed by atoms with E-state index >= 15 is 0 Å². The number of hydrogen-bond acceptors (Lipinski definition) is 4. The molecule has 2 saturated heterocycles. The van der Waals surface area contributed by atoms with E-state index in [2.05, 4.69) is 51.2 Å². The molecular formula is C26H26N4O. The van der Waals surface area contributed by atoms with Crippen LogP contribution in [0.25, 0.3) is 11.1 Å². The quantitative estimate of drug-likeness (QED) is 0.520. The molecule has 0 unspecified atom stereocenters. The van der Waals surface area contributed by atoms with E-state index in [4.69, 9.17) is 0 Å². The average Bonchev–Trinajstić information content (AvgIpc) is 3.18. The molecule has 1 aliphatic carbocycles. The highest BCUT2D eigenvalue weighted by Crippen LogP contribution is 2.38. The normalized spacial score (nSPS) is 18.5. The van der Waals surface area contributed by atoms with Crippen molar-refractivity contribution in [2.45, 2.75) is 12.5 Å². The van der Waals surface area contributed by atoms with Gasteiger partial charge in [-0.15, -0.1) is 0 Å². The summed E-state index contributed by atoms with van der Waals surface area (Å²) < 4.78 is 0.